The number of ether oxygens (including phenoxy) is 1. The number of Topliss-reactive ketones (excluding diaryl/α,β-unsaturated/α-hetero) is 1. The van der Waals surface area contributed by atoms with Crippen LogP contribution < -0.4 is 9.64 Å². The molecular weight excluding hydrogens is 418 g/mol. The number of amides is 1. The molecule has 6 heteroatoms. The Balaban J connectivity index is 1.86. The minimum Gasteiger partial charge on any atom is -0.507 e. The molecule has 1 fully saturated rings. The topological polar surface area (TPSA) is 80.0 Å². The van der Waals surface area contributed by atoms with Gasteiger partial charge >= 0.3 is 0 Å². The molecule has 0 aliphatic carbocycles. The van der Waals surface area contributed by atoms with E-state index in [-0.39, 0.29) is 11.3 Å². The normalized spacial score (nSPS) is 17.7. The number of nitrogens with zero attached hydrogens (tertiary/aromatic N) is 1. The van der Waals surface area contributed by atoms with Crippen LogP contribution in [0.15, 0.2) is 70.9 Å². The molecule has 0 bridgehead atoms. The first-order chi connectivity index (χ1) is 15.8. The van der Waals surface area contributed by atoms with Crippen LogP contribution in [-0.2, 0) is 9.59 Å². The Kier molecular flexibility index (Phi) is 6.09. The van der Waals surface area contributed by atoms with Gasteiger partial charge in [0.05, 0.1) is 18.4 Å². The number of carbonyl (C=O) groups excluding carboxylic acids is 2. The molecule has 0 saturated carbocycles. The first-order valence-corrected chi connectivity index (χ1v) is 10.9. The second-order valence-corrected chi connectivity index (χ2v) is 8.71. The number of ketones is 1. The molecule has 1 atom stereocenters. The minimum absolute atomic E-state index is 0.0168. The fraction of sp³-hybridized carbons (Fsp3) is 0.259. The number of hydrogen-bond acceptors (Lipinski definition) is 5. The molecule has 170 valence electrons. The van der Waals surface area contributed by atoms with Crippen LogP contribution in [0.25, 0.3) is 5.76 Å². The number of hydrogen-bond donors (Lipinski definition) is 1. The summed E-state index contributed by atoms with van der Waals surface area (Å²) in [6.45, 7) is 8.41. The van der Waals surface area contributed by atoms with Crippen LogP contribution in [0, 0.1) is 19.8 Å². The van der Waals surface area contributed by atoms with Crippen molar-refractivity contribution in [3.05, 3.63) is 88.9 Å². The predicted octanol–water partition coefficient (Wildman–Crippen LogP) is 5.56. The molecule has 1 amide bonds. The van der Waals surface area contributed by atoms with Crippen molar-refractivity contribution in [2.24, 2.45) is 5.92 Å². The zero-order valence-electron chi connectivity index (χ0n) is 19.2. The second kappa shape index (κ2) is 8.98. The molecule has 33 heavy (non-hydrogen) atoms. The van der Waals surface area contributed by atoms with Crippen LogP contribution in [-0.4, -0.2) is 23.4 Å². The number of rotatable bonds is 6. The summed E-state index contributed by atoms with van der Waals surface area (Å²) in [6, 6.07) is 15.1. The summed E-state index contributed by atoms with van der Waals surface area (Å²) < 4.78 is 11.4. The van der Waals surface area contributed by atoms with Crippen molar-refractivity contribution in [2.75, 3.05) is 11.5 Å². The van der Waals surface area contributed by atoms with Gasteiger partial charge in [-0.2, -0.15) is 0 Å². The van der Waals surface area contributed by atoms with E-state index >= 15 is 0 Å². The summed E-state index contributed by atoms with van der Waals surface area (Å²) in [5.41, 5.74) is 2.77. The predicted molar refractivity (Wildman–Crippen MR) is 126 cm³/mol. The smallest absolute Gasteiger partial charge is 0.300 e. The van der Waals surface area contributed by atoms with Crippen molar-refractivity contribution in [2.45, 2.75) is 33.7 Å². The second-order valence-electron chi connectivity index (χ2n) is 8.71. The highest BCUT2D eigenvalue weighted by Crippen LogP contribution is 2.43. The molecule has 4 rings (SSSR count). The lowest BCUT2D eigenvalue weighted by molar-refractivity contribution is -0.132. The van der Waals surface area contributed by atoms with Gasteiger partial charge in [0.25, 0.3) is 11.7 Å². The average Bonchev–Trinajstić information content (AvgIpc) is 3.41. The van der Waals surface area contributed by atoms with Crippen LogP contribution in [0.3, 0.4) is 0 Å². The van der Waals surface area contributed by atoms with E-state index in [9.17, 15) is 14.7 Å². The Morgan fingerprint density at radius 3 is 2.58 bits per heavy atom. The van der Waals surface area contributed by atoms with Crippen molar-refractivity contribution >= 4 is 23.1 Å². The van der Waals surface area contributed by atoms with Crippen LogP contribution in [0.4, 0.5) is 5.69 Å². The van der Waals surface area contributed by atoms with Crippen LogP contribution in [0.5, 0.6) is 5.75 Å². The average molecular weight is 446 g/mol. The van der Waals surface area contributed by atoms with Crippen molar-refractivity contribution in [3.8, 4) is 5.75 Å². The molecule has 0 radical (unpaired) electrons. The van der Waals surface area contributed by atoms with Gasteiger partial charge in [-0.15, -0.1) is 0 Å². The van der Waals surface area contributed by atoms with Crippen molar-refractivity contribution in [1.82, 2.24) is 0 Å². The number of carbonyl (C=O) groups is 2. The maximum Gasteiger partial charge on any atom is 0.300 e. The Bertz CT molecular complexity index is 1220. The molecule has 6 nitrogen and oxygen atoms in total. The van der Waals surface area contributed by atoms with Gasteiger partial charge < -0.3 is 14.3 Å². The zero-order valence-corrected chi connectivity index (χ0v) is 19.2. The van der Waals surface area contributed by atoms with E-state index in [1.165, 1.54) is 11.2 Å². The molecule has 1 aliphatic rings. The lowest BCUT2D eigenvalue weighted by Gasteiger charge is -2.25. The number of aliphatic hydroxyl groups excluding tert-OH is 1. The van der Waals surface area contributed by atoms with Crippen molar-refractivity contribution in [1.29, 1.82) is 0 Å². The van der Waals surface area contributed by atoms with Gasteiger partial charge in [-0.1, -0.05) is 38.1 Å². The zero-order chi connectivity index (χ0) is 23.7. The highest BCUT2D eigenvalue weighted by atomic mass is 16.5. The lowest BCUT2D eigenvalue weighted by atomic mass is 9.98. The Hall–Kier alpha value is -3.80. The number of anilines is 1. The molecule has 1 N–H and O–H groups in total. The number of aryl methyl sites for hydroxylation is 2. The first-order valence-electron chi connectivity index (χ1n) is 10.9. The summed E-state index contributed by atoms with van der Waals surface area (Å²) in [5, 5.41) is 11.3. The Morgan fingerprint density at radius 1 is 1.09 bits per heavy atom. The Morgan fingerprint density at radius 2 is 1.88 bits per heavy atom. The van der Waals surface area contributed by atoms with E-state index in [1.807, 2.05) is 45.9 Å². The third kappa shape index (κ3) is 4.29. The molecule has 3 aromatic rings. The van der Waals surface area contributed by atoms with Gasteiger partial charge in [0.1, 0.15) is 23.3 Å². The van der Waals surface area contributed by atoms with E-state index in [1.54, 1.807) is 36.4 Å². The number of benzene rings is 2. The maximum atomic E-state index is 13.2. The highest BCUT2D eigenvalue weighted by Gasteiger charge is 2.48. The van der Waals surface area contributed by atoms with Gasteiger partial charge in [-0.25, -0.2) is 0 Å². The van der Waals surface area contributed by atoms with E-state index in [4.69, 9.17) is 9.15 Å². The van der Waals surface area contributed by atoms with Crippen LogP contribution in [0.2, 0.25) is 0 Å². The molecule has 2 heterocycles. The SMILES string of the molecule is Cc1ccc(C)c(N2C(=O)C(=O)/C(=C(\O)c3cccc(OCC(C)C)c3)C2c2ccco2)c1. The maximum absolute atomic E-state index is 13.2. The van der Waals surface area contributed by atoms with E-state index in [0.29, 0.717) is 35.3 Å². The molecule has 1 aromatic heterocycles. The molecule has 0 spiro atoms. The van der Waals surface area contributed by atoms with Crippen molar-refractivity contribution < 1.29 is 23.8 Å². The molecule has 1 unspecified atom stereocenters. The largest absolute Gasteiger partial charge is 0.507 e. The highest BCUT2D eigenvalue weighted by molar-refractivity contribution is 6.51. The summed E-state index contributed by atoms with van der Waals surface area (Å²) in [5.74, 6) is -0.432. The van der Waals surface area contributed by atoms with Gasteiger partial charge in [0.15, 0.2) is 0 Å². The molecule has 1 aliphatic heterocycles. The molecular formula is C27H27NO5. The lowest BCUT2D eigenvalue weighted by Crippen LogP contribution is -2.30. The third-order valence-corrected chi connectivity index (χ3v) is 5.57. The number of furan rings is 1. The summed E-state index contributed by atoms with van der Waals surface area (Å²) >= 11 is 0. The monoisotopic (exact) mass is 445 g/mol. The van der Waals surface area contributed by atoms with Gasteiger partial charge in [-0.3, -0.25) is 14.5 Å². The van der Waals surface area contributed by atoms with Crippen molar-refractivity contribution in [3.63, 3.8) is 0 Å². The fourth-order valence-corrected chi connectivity index (χ4v) is 3.93. The van der Waals surface area contributed by atoms with Gasteiger partial charge in [0, 0.05) is 11.3 Å². The van der Waals surface area contributed by atoms with Crippen LogP contribution in [0.1, 0.15) is 42.3 Å². The summed E-state index contributed by atoms with van der Waals surface area (Å²) in [7, 11) is 0. The fourth-order valence-electron chi connectivity index (χ4n) is 3.93. The summed E-state index contributed by atoms with van der Waals surface area (Å²) in [4.78, 5) is 27.9. The Labute approximate surface area is 193 Å². The standard InChI is InChI=1S/C27H27NO5/c1-16(2)15-33-20-8-5-7-19(14-20)25(29)23-24(22-9-6-12-32-22)28(27(31)26(23)30)21-13-17(3)10-11-18(21)4/h5-14,16,24,29H,15H2,1-4H3/b25-23-. The third-order valence-electron chi connectivity index (χ3n) is 5.57. The first kappa shape index (κ1) is 22.4. The van der Waals surface area contributed by atoms with E-state index in [0.717, 1.165) is 11.1 Å². The van der Waals surface area contributed by atoms with Gasteiger partial charge in [-0.05, 0) is 61.2 Å². The van der Waals surface area contributed by atoms with E-state index < -0.39 is 17.7 Å². The van der Waals surface area contributed by atoms with Gasteiger partial charge in [0.2, 0.25) is 0 Å². The number of aliphatic hydroxyl groups is 1. The molecule has 1 saturated heterocycles. The quantitative estimate of drug-likeness (QED) is 0.305. The molecule has 2 aromatic carbocycles. The van der Waals surface area contributed by atoms with Crippen LogP contribution >= 0.6 is 0 Å². The van der Waals surface area contributed by atoms with E-state index in [2.05, 4.69) is 0 Å². The summed E-state index contributed by atoms with van der Waals surface area (Å²) in [6.07, 6.45) is 1.49. The minimum atomic E-state index is -0.888.